The van der Waals surface area contributed by atoms with E-state index in [9.17, 15) is 14.7 Å². The lowest BCUT2D eigenvalue weighted by Crippen LogP contribution is -2.52. The molecule has 0 aromatic rings. The van der Waals surface area contributed by atoms with Crippen molar-refractivity contribution in [2.45, 2.75) is 64.5 Å². The quantitative estimate of drug-likeness (QED) is 0.832. The van der Waals surface area contributed by atoms with E-state index in [1.165, 1.54) is 25.7 Å². The summed E-state index contributed by atoms with van der Waals surface area (Å²) in [6, 6.07) is -0.674. The first kappa shape index (κ1) is 15.1. The molecule has 0 spiro atoms. The van der Waals surface area contributed by atoms with Crippen molar-refractivity contribution in [3.63, 3.8) is 0 Å². The summed E-state index contributed by atoms with van der Waals surface area (Å²) in [6.45, 7) is 4.40. The molecule has 1 aliphatic heterocycles. The van der Waals surface area contributed by atoms with Crippen molar-refractivity contribution in [2.75, 3.05) is 6.54 Å². The van der Waals surface area contributed by atoms with Crippen LogP contribution in [0.1, 0.15) is 52.4 Å². The minimum atomic E-state index is -0.954. The third-order valence-corrected chi connectivity index (χ3v) is 4.72. The Morgan fingerprint density at radius 1 is 1.15 bits per heavy atom. The SMILES string of the molecule is CC(C)[C@@H](NC(=O)N1CCCC1C1CCCC1)C(=O)O. The van der Waals surface area contributed by atoms with E-state index in [0.29, 0.717) is 12.0 Å². The number of carboxylic acids is 1. The van der Waals surface area contributed by atoms with Crippen molar-refractivity contribution >= 4 is 12.0 Å². The molecular weight excluding hydrogens is 256 g/mol. The molecule has 2 aliphatic rings. The van der Waals surface area contributed by atoms with E-state index in [1.54, 1.807) is 0 Å². The van der Waals surface area contributed by atoms with Crippen LogP contribution < -0.4 is 5.32 Å². The first-order valence-corrected chi connectivity index (χ1v) is 7.80. The summed E-state index contributed by atoms with van der Waals surface area (Å²) in [4.78, 5) is 25.5. The molecule has 2 atom stereocenters. The average molecular weight is 282 g/mol. The summed E-state index contributed by atoms with van der Waals surface area (Å²) in [5.41, 5.74) is 0. The van der Waals surface area contributed by atoms with E-state index in [0.717, 1.165) is 19.4 Å². The van der Waals surface area contributed by atoms with E-state index >= 15 is 0 Å². The lowest BCUT2D eigenvalue weighted by Gasteiger charge is -2.31. The summed E-state index contributed by atoms with van der Waals surface area (Å²) in [5.74, 6) is -0.445. The van der Waals surface area contributed by atoms with Crippen LogP contribution in [-0.4, -0.2) is 40.6 Å². The first-order chi connectivity index (χ1) is 9.50. The van der Waals surface area contributed by atoms with Gasteiger partial charge in [0.05, 0.1) is 0 Å². The third-order valence-electron chi connectivity index (χ3n) is 4.72. The second-order valence-corrected chi connectivity index (χ2v) is 6.46. The first-order valence-electron chi connectivity index (χ1n) is 7.80. The molecule has 114 valence electrons. The fraction of sp³-hybridized carbons (Fsp3) is 0.867. The fourth-order valence-corrected chi connectivity index (χ4v) is 3.61. The van der Waals surface area contributed by atoms with E-state index in [-0.39, 0.29) is 11.9 Å². The number of aliphatic carboxylic acids is 1. The largest absolute Gasteiger partial charge is 0.480 e. The predicted molar refractivity (Wildman–Crippen MR) is 76.5 cm³/mol. The minimum absolute atomic E-state index is 0.107. The van der Waals surface area contributed by atoms with Gasteiger partial charge in [-0.25, -0.2) is 9.59 Å². The Hall–Kier alpha value is -1.26. The van der Waals surface area contributed by atoms with Gasteiger partial charge in [0, 0.05) is 12.6 Å². The molecule has 2 fully saturated rings. The highest BCUT2D eigenvalue weighted by Crippen LogP contribution is 2.35. The molecule has 1 heterocycles. The normalized spacial score (nSPS) is 25.1. The van der Waals surface area contributed by atoms with Crippen LogP contribution in [0.5, 0.6) is 0 Å². The summed E-state index contributed by atoms with van der Waals surface area (Å²) >= 11 is 0. The highest BCUT2D eigenvalue weighted by molar-refractivity contribution is 5.83. The van der Waals surface area contributed by atoms with E-state index in [2.05, 4.69) is 5.32 Å². The van der Waals surface area contributed by atoms with E-state index < -0.39 is 12.0 Å². The van der Waals surface area contributed by atoms with Crippen LogP contribution in [0.3, 0.4) is 0 Å². The molecule has 20 heavy (non-hydrogen) atoms. The predicted octanol–water partition coefficient (Wildman–Crippen LogP) is 2.46. The number of carbonyl (C=O) groups is 2. The van der Waals surface area contributed by atoms with Crippen LogP contribution in [0.25, 0.3) is 0 Å². The second kappa shape index (κ2) is 6.46. The zero-order chi connectivity index (χ0) is 14.7. The summed E-state index contributed by atoms with van der Waals surface area (Å²) in [7, 11) is 0. The Labute approximate surface area is 120 Å². The Balaban J connectivity index is 1.98. The number of rotatable bonds is 4. The van der Waals surface area contributed by atoms with Crippen molar-refractivity contribution in [1.29, 1.82) is 0 Å². The summed E-state index contributed by atoms with van der Waals surface area (Å²) < 4.78 is 0. The molecule has 2 rings (SSSR count). The van der Waals surface area contributed by atoms with Crippen LogP contribution in [0.15, 0.2) is 0 Å². The average Bonchev–Trinajstić information content (AvgIpc) is 3.03. The Bertz CT molecular complexity index is 364. The molecule has 1 unspecified atom stereocenters. The molecule has 0 bridgehead atoms. The molecule has 0 aromatic carbocycles. The number of likely N-dealkylation sites (tertiary alicyclic amines) is 1. The number of nitrogens with one attached hydrogen (secondary N) is 1. The smallest absolute Gasteiger partial charge is 0.326 e. The summed E-state index contributed by atoms with van der Waals surface area (Å²) in [5, 5.41) is 11.9. The van der Waals surface area contributed by atoms with E-state index in [4.69, 9.17) is 0 Å². The maximum Gasteiger partial charge on any atom is 0.326 e. The molecule has 1 saturated carbocycles. The molecule has 5 heteroatoms. The van der Waals surface area contributed by atoms with Gasteiger partial charge >= 0.3 is 12.0 Å². The van der Waals surface area contributed by atoms with Gasteiger partial charge < -0.3 is 15.3 Å². The zero-order valence-corrected chi connectivity index (χ0v) is 12.5. The van der Waals surface area contributed by atoms with Gasteiger partial charge in [-0.15, -0.1) is 0 Å². The highest BCUT2D eigenvalue weighted by Gasteiger charge is 2.37. The second-order valence-electron chi connectivity index (χ2n) is 6.46. The molecule has 0 radical (unpaired) electrons. The van der Waals surface area contributed by atoms with Gasteiger partial charge in [-0.3, -0.25) is 0 Å². The third kappa shape index (κ3) is 3.25. The van der Waals surface area contributed by atoms with Crippen LogP contribution in [0.2, 0.25) is 0 Å². The van der Waals surface area contributed by atoms with Crippen LogP contribution in [-0.2, 0) is 4.79 Å². The lowest BCUT2D eigenvalue weighted by atomic mass is 9.96. The van der Waals surface area contributed by atoms with Crippen LogP contribution >= 0.6 is 0 Å². The number of nitrogens with zero attached hydrogens (tertiary/aromatic N) is 1. The lowest BCUT2D eigenvalue weighted by molar-refractivity contribution is -0.140. The van der Waals surface area contributed by atoms with Gasteiger partial charge in [0.25, 0.3) is 0 Å². The monoisotopic (exact) mass is 282 g/mol. The van der Waals surface area contributed by atoms with Gasteiger partial charge in [-0.1, -0.05) is 26.7 Å². The fourth-order valence-electron chi connectivity index (χ4n) is 3.61. The maximum atomic E-state index is 12.4. The van der Waals surface area contributed by atoms with Crippen molar-refractivity contribution in [3.8, 4) is 0 Å². The van der Waals surface area contributed by atoms with Crippen LogP contribution in [0, 0.1) is 11.8 Å². The highest BCUT2D eigenvalue weighted by atomic mass is 16.4. The molecule has 0 aromatic heterocycles. The van der Waals surface area contributed by atoms with Crippen molar-refractivity contribution in [3.05, 3.63) is 0 Å². The molecule has 5 nitrogen and oxygen atoms in total. The number of amides is 2. The molecule has 2 amide bonds. The Morgan fingerprint density at radius 3 is 2.35 bits per heavy atom. The van der Waals surface area contributed by atoms with Crippen molar-refractivity contribution in [1.82, 2.24) is 10.2 Å². The molecule has 1 aliphatic carbocycles. The maximum absolute atomic E-state index is 12.4. The van der Waals surface area contributed by atoms with Gasteiger partial charge in [0.1, 0.15) is 6.04 Å². The van der Waals surface area contributed by atoms with Gasteiger partial charge in [0.15, 0.2) is 0 Å². The number of hydrogen-bond acceptors (Lipinski definition) is 2. The van der Waals surface area contributed by atoms with E-state index in [1.807, 2.05) is 18.7 Å². The van der Waals surface area contributed by atoms with Gasteiger partial charge in [-0.05, 0) is 37.5 Å². The molecule has 1 saturated heterocycles. The number of hydrogen-bond donors (Lipinski definition) is 2. The van der Waals surface area contributed by atoms with Gasteiger partial charge in [0.2, 0.25) is 0 Å². The van der Waals surface area contributed by atoms with Crippen molar-refractivity contribution < 1.29 is 14.7 Å². The number of urea groups is 1. The standard InChI is InChI=1S/C15H26N2O3/c1-10(2)13(14(18)19)16-15(20)17-9-5-8-12(17)11-6-3-4-7-11/h10-13H,3-9H2,1-2H3,(H,16,20)(H,18,19)/t12?,13-/m1/s1. The Morgan fingerprint density at radius 2 is 1.80 bits per heavy atom. The van der Waals surface area contributed by atoms with Crippen LogP contribution in [0.4, 0.5) is 4.79 Å². The minimum Gasteiger partial charge on any atom is -0.480 e. The number of carbonyl (C=O) groups excluding carboxylic acids is 1. The van der Waals surface area contributed by atoms with Crippen molar-refractivity contribution in [2.24, 2.45) is 11.8 Å². The molecule has 2 N–H and O–H groups in total. The zero-order valence-electron chi connectivity index (χ0n) is 12.5. The topological polar surface area (TPSA) is 69.6 Å². The summed E-state index contributed by atoms with van der Waals surface area (Å²) in [6.07, 6.45) is 7.05. The Kier molecular flexibility index (Phi) is 4.89. The van der Waals surface area contributed by atoms with Gasteiger partial charge in [-0.2, -0.15) is 0 Å². The molecular formula is C15H26N2O3. The number of carboxylic acid groups (broad SMARTS) is 1.